The largest absolute Gasteiger partial charge is 0.366 e. The van der Waals surface area contributed by atoms with Crippen LogP contribution >= 0.6 is 12.4 Å². The van der Waals surface area contributed by atoms with Crippen molar-refractivity contribution in [2.45, 2.75) is 18.1 Å². The first-order valence-corrected chi connectivity index (χ1v) is 5.88. The zero-order valence-electron chi connectivity index (χ0n) is 10.6. The second-order valence-corrected chi connectivity index (χ2v) is 4.60. The van der Waals surface area contributed by atoms with Crippen molar-refractivity contribution in [3.8, 4) is 0 Å². The predicted molar refractivity (Wildman–Crippen MR) is 73.9 cm³/mol. The van der Waals surface area contributed by atoms with Crippen LogP contribution in [0.15, 0.2) is 24.3 Å². The Kier molecular flexibility index (Phi) is 5.41. The van der Waals surface area contributed by atoms with E-state index >= 15 is 0 Å². The van der Waals surface area contributed by atoms with Crippen molar-refractivity contribution in [3.05, 3.63) is 35.4 Å². The summed E-state index contributed by atoms with van der Waals surface area (Å²) in [5.41, 5.74) is 9.73. The molecule has 0 aliphatic carbocycles. The van der Waals surface area contributed by atoms with Gasteiger partial charge in [0.05, 0.1) is 6.17 Å². The van der Waals surface area contributed by atoms with Gasteiger partial charge < -0.3 is 16.8 Å². The minimum Gasteiger partial charge on any atom is -0.366 e. The van der Waals surface area contributed by atoms with E-state index in [0.29, 0.717) is 12.1 Å². The van der Waals surface area contributed by atoms with Crippen molar-refractivity contribution < 1.29 is 13.6 Å². The molecule has 0 aromatic heterocycles. The molecule has 112 valence electrons. The molecule has 1 saturated heterocycles. The average molecular weight is 307 g/mol. The van der Waals surface area contributed by atoms with E-state index in [1.54, 1.807) is 0 Å². The molecule has 1 aliphatic heterocycles. The fourth-order valence-electron chi connectivity index (χ4n) is 2.26. The number of rotatable bonds is 3. The fraction of sp³-hybridized carbons (Fsp3) is 0.417. The van der Waals surface area contributed by atoms with Crippen LogP contribution in [-0.4, -0.2) is 31.6 Å². The Morgan fingerprint density at radius 3 is 2.70 bits per heavy atom. The highest BCUT2D eigenvalue weighted by atomic mass is 35.5. The summed E-state index contributed by atoms with van der Waals surface area (Å²) >= 11 is 0. The van der Waals surface area contributed by atoms with Crippen molar-refractivity contribution >= 4 is 18.3 Å². The molecule has 1 heterocycles. The topological polar surface area (TPSA) is 93.2 Å². The van der Waals surface area contributed by atoms with E-state index in [9.17, 15) is 13.6 Å². The second kappa shape index (κ2) is 6.45. The van der Waals surface area contributed by atoms with Crippen molar-refractivity contribution in [1.29, 1.82) is 0 Å². The molecule has 1 fully saturated rings. The fourth-order valence-corrected chi connectivity index (χ4v) is 2.26. The Labute approximate surface area is 121 Å². The smallest absolute Gasteiger partial charge is 0.261 e. The van der Waals surface area contributed by atoms with Crippen LogP contribution in [0.2, 0.25) is 0 Å². The molecule has 2 rings (SSSR count). The Morgan fingerprint density at radius 1 is 1.45 bits per heavy atom. The number of piperazine rings is 1. The van der Waals surface area contributed by atoms with E-state index in [4.69, 9.17) is 11.5 Å². The molecular formula is C12H17ClF2N4O. The van der Waals surface area contributed by atoms with Gasteiger partial charge in [0.25, 0.3) is 6.43 Å². The summed E-state index contributed by atoms with van der Waals surface area (Å²) in [4.78, 5) is 11.1. The highest BCUT2D eigenvalue weighted by Crippen LogP contribution is 2.30. The maximum atomic E-state index is 13.5. The number of hydrogen-bond donors (Lipinski definition) is 4. The van der Waals surface area contributed by atoms with Gasteiger partial charge in [0.15, 0.2) is 0 Å². The molecule has 2 unspecified atom stereocenters. The molecule has 6 N–H and O–H groups in total. The van der Waals surface area contributed by atoms with Crippen LogP contribution in [0, 0.1) is 0 Å². The zero-order chi connectivity index (χ0) is 14.0. The molecule has 1 aromatic rings. The molecule has 1 aromatic carbocycles. The maximum Gasteiger partial charge on any atom is 0.261 e. The number of carbonyl (C=O) groups excluding carboxylic acids is 1. The highest BCUT2D eigenvalue weighted by Gasteiger charge is 2.44. The Hall–Kier alpha value is -1.28. The molecule has 5 nitrogen and oxygen atoms in total. The van der Waals surface area contributed by atoms with Crippen LogP contribution in [-0.2, 0) is 5.54 Å². The van der Waals surface area contributed by atoms with Crippen LogP contribution in [0.5, 0.6) is 0 Å². The van der Waals surface area contributed by atoms with Crippen LogP contribution in [0.3, 0.4) is 0 Å². The van der Waals surface area contributed by atoms with Crippen LogP contribution < -0.4 is 22.1 Å². The lowest BCUT2D eigenvalue weighted by Gasteiger charge is -2.41. The number of nitrogens with one attached hydrogen (secondary N) is 2. The number of benzene rings is 1. The predicted octanol–water partition coefficient (Wildman–Crippen LogP) is 0.145. The maximum absolute atomic E-state index is 13.5. The van der Waals surface area contributed by atoms with Gasteiger partial charge in [-0.1, -0.05) is 12.1 Å². The molecule has 0 bridgehead atoms. The Bertz CT molecular complexity index is 488. The first kappa shape index (κ1) is 16.8. The third-order valence-electron chi connectivity index (χ3n) is 3.25. The third kappa shape index (κ3) is 3.06. The molecule has 20 heavy (non-hydrogen) atoms. The van der Waals surface area contributed by atoms with Crippen molar-refractivity contribution in [3.63, 3.8) is 0 Å². The third-order valence-corrected chi connectivity index (χ3v) is 3.25. The number of primary amides is 1. The normalized spacial score (nSPS) is 26.1. The highest BCUT2D eigenvalue weighted by molar-refractivity contribution is 5.92. The van der Waals surface area contributed by atoms with Crippen molar-refractivity contribution in [2.24, 2.45) is 11.5 Å². The molecule has 0 radical (unpaired) electrons. The van der Waals surface area contributed by atoms with E-state index in [0.717, 1.165) is 0 Å². The van der Waals surface area contributed by atoms with Gasteiger partial charge in [-0.3, -0.25) is 10.1 Å². The van der Waals surface area contributed by atoms with Crippen LogP contribution in [0.4, 0.5) is 8.78 Å². The van der Waals surface area contributed by atoms with Gasteiger partial charge in [-0.2, -0.15) is 0 Å². The lowest BCUT2D eigenvalue weighted by molar-refractivity contribution is 0.00786. The number of hydrogen-bond acceptors (Lipinski definition) is 4. The van der Waals surface area contributed by atoms with Gasteiger partial charge in [0, 0.05) is 18.7 Å². The standard InChI is InChI=1S/C12H16F2N4O.ClH/c13-11(14)12(6-17-5-9(15)18-12)8-3-1-2-7(4-8)10(16)19;/h1-4,9,11,17-18H,5-6,15H2,(H2,16,19);1H. The number of halogens is 3. The van der Waals surface area contributed by atoms with E-state index in [-0.39, 0.29) is 24.5 Å². The number of alkyl halides is 2. The van der Waals surface area contributed by atoms with Gasteiger partial charge >= 0.3 is 0 Å². The Balaban J connectivity index is 0.00000200. The zero-order valence-corrected chi connectivity index (χ0v) is 11.4. The summed E-state index contributed by atoms with van der Waals surface area (Å²) in [5.74, 6) is -0.653. The summed E-state index contributed by atoms with van der Waals surface area (Å²) in [6.45, 7) is 0.435. The number of nitrogens with two attached hydrogens (primary N) is 2. The van der Waals surface area contributed by atoms with E-state index in [1.165, 1.54) is 24.3 Å². The van der Waals surface area contributed by atoms with Gasteiger partial charge in [-0.25, -0.2) is 8.78 Å². The van der Waals surface area contributed by atoms with E-state index in [1.807, 2.05) is 0 Å². The molecule has 8 heteroatoms. The quantitative estimate of drug-likeness (QED) is 0.639. The SMILES string of the molecule is Cl.NC(=O)c1cccc(C2(C(F)F)CNCC(N)N2)c1. The van der Waals surface area contributed by atoms with Crippen LogP contribution in [0.25, 0.3) is 0 Å². The van der Waals surface area contributed by atoms with Crippen LogP contribution in [0.1, 0.15) is 15.9 Å². The Morgan fingerprint density at radius 2 is 2.15 bits per heavy atom. The molecule has 1 aliphatic rings. The van der Waals surface area contributed by atoms with Gasteiger partial charge in [-0.05, 0) is 17.7 Å². The second-order valence-electron chi connectivity index (χ2n) is 4.60. The summed E-state index contributed by atoms with van der Waals surface area (Å²) in [7, 11) is 0. The minimum absolute atomic E-state index is 0. The summed E-state index contributed by atoms with van der Waals surface area (Å²) in [5, 5.41) is 5.60. The molecule has 0 spiro atoms. The van der Waals surface area contributed by atoms with Gasteiger partial charge in [0.2, 0.25) is 5.91 Å². The van der Waals surface area contributed by atoms with Gasteiger partial charge in [0.1, 0.15) is 5.54 Å². The lowest BCUT2D eigenvalue weighted by Crippen LogP contribution is -2.67. The molecular weight excluding hydrogens is 290 g/mol. The van der Waals surface area contributed by atoms with E-state index < -0.39 is 24.0 Å². The summed E-state index contributed by atoms with van der Waals surface area (Å²) in [6.07, 6.45) is -3.26. The number of carbonyl (C=O) groups is 1. The lowest BCUT2D eigenvalue weighted by atomic mass is 9.87. The first-order valence-electron chi connectivity index (χ1n) is 5.88. The molecule has 0 saturated carbocycles. The summed E-state index contributed by atoms with van der Waals surface area (Å²) in [6, 6.07) is 5.93. The summed E-state index contributed by atoms with van der Waals surface area (Å²) < 4.78 is 27.0. The van der Waals surface area contributed by atoms with Crippen molar-refractivity contribution in [2.75, 3.05) is 13.1 Å². The monoisotopic (exact) mass is 306 g/mol. The molecule has 1 amide bonds. The first-order chi connectivity index (χ1) is 8.95. The number of amides is 1. The average Bonchev–Trinajstić information content (AvgIpc) is 2.38. The minimum atomic E-state index is -2.67. The molecule has 2 atom stereocenters. The van der Waals surface area contributed by atoms with Gasteiger partial charge in [-0.15, -0.1) is 12.4 Å². The van der Waals surface area contributed by atoms with Crippen molar-refractivity contribution in [1.82, 2.24) is 10.6 Å². The van der Waals surface area contributed by atoms with E-state index in [2.05, 4.69) is 10.6 Å².